The second-order valence-corrected chi connectivity index (χ2v) is 3.80. The smallest absolute Gasteiger partial charge is 0.342 e. The molecule has 84 valence electrons. The normalized spacial score (nSPS) is 18.6. The molecule has 4 heteroatoms. The number of benzene rings is 1. The van der Waals surface area contributed by atoms with Gasteiger partial charge in [0.15, 0.2) is 0 Å². The van der Waals surface area contributed by atoms with E-state index in [0.717, 1.165) is 5.56 Å². The fraction of sp³-hybridized carbons (Fsp3) is 0.333. The fourth-order valence-corrected chi connectivity index (χ4v) is 1.81. The number of hydrogen-bond donors (Lipinski definition) is 0. The second kappa shape index (κ2) is 3.96. The van der Waals surface area contributed by atoms with E-state index in [1.165, 1.54) is 6.92 Å². The van der Waals surface area contributed by atoms with Crippen molar-refractivity contribution >= 4 is 11.9 Å². The molecule has 0 aromatic heterocycles. The summed E-state index contributed by atoms with van der Waals surface area (Å²) in [5.41, 5.74) is 1.23. The van der Waals surface area contributed by atoms with Crippen molar-refractivity contribution in [1.82, 2.24) is 0 Å². The van der Waals surface area contributed by atoms with Gasteiger partial charge in [0.05, 0.1) is 0 Å². The fourth-order valence-electron chi connectivity index (χ4n) is 1.81. The van der Waals surface area contributed by atoms with Crippen LogP contribution in [-0.2, 0) is 16.0 Å². The van der Waals surface area contributed by atoms with Crippen LogP contribution >= 0.6 is 0 Å². The van der Waals surface area contributed by atoms with E-state index in [2.05, 4.69) is 0 Å². The number of rotatable bonds is 1. The van der Waals surface area contributed by atoms with Gasteiger partial charge in [-0.2, -0.15) is 0 Å². The molecule has 0 spiro atoms. The summed E-state index contributed by atoms with van der Waals surface area (Å²) in [5, 5.41) is 0. The Hall–Kier alpha value is -1.84. The van der Waals surface area contributed by atoms with E-state index in [9.17, 15) is 9.59 Å². The predicted molar refractivity (Wildman–Crippen MR) is 56.3 cm³/mol. The van der Waals surface area contributed by atoms with Crippen LogP contribution in [0.2, 0.25) is 0 Å². The summed E-state index contributed by atoms with van der Waals surface area (Å²) in [4.78, 5) is 22.6. The zero-order chi connectivity index (χ0) is 11.7. The minimum absolute atomic E-state index is 0.132. The summed E-state index contributed by atoms with van der Waals surface area (Å²) in [6.07, 6.45) is 0.517. The highest BCUT2D eigenvalue weighted by molar-refractivity contribution is 5.96. The van der Waals surface area contributed by atoms with Crippen molar-refractivity contribution in [2.45, 2.75) is 26.4 Å². The lowest BCUT2D eigenvalue weighted by atomic mass is 9.98. The molecule has 0 saturated heterocycles. The van der Waals surface area contributed by atoms with Crippen molar-refractivity contribution < 1.29 is 19.1 Å². The third-order valence-corrected chi connectivity index (χ3v) is 2.39. The summed E-state index contributed by atoms with van der Waals surface area (Å²) in [5.74, 6) is -0.590. The molecular formula is C12H12O4. The number of hydrogen-bond acceptors (Lipinski definition) is 4. The number of fused-ring (bicyclic) bond motifs is 1. The molecule has 2 rings (SSSR count). The largest absolute Gasteiger partial charge is 0.459 e. The van der Waals surface area contributed by atoms with Crippen molar-refractivity contribution in [1.29, 1.82) is 0 Å². The molecule has 0 radical (unpaired) electrons. The standard InChI is InChI=1S/C12H12O4/c1-7-6-9-4-3-5-10(16-8(2)13)11(9)12(14)15-7/h3-5,7H,6H2,1-2H3. The first-order valence-electron chi connectivity index (χ1n) is 5.09. The van der Waals surface area contributed by atoms with Gasteiger partial charge in [0.1, 0.15) is 17.4 Å². The molecule has 0 fully saturated rings. The van der Waals surface area contributed by atoms with Gasteiger partial charge >= 0.3 is 11.9 Å². The number of ether oxygens (including phenoxy) is 2. The first kappa shape index (κ1) is 10.7. The van der Waals surface area contributed by atoms with Crippen LogP contribution in [0.3, 0.4) is 0 Å². The Morgan fingerprint density at radius 2 is 2.25 bits per heavy atom. The van der Waals surface area contributed by atoms with Crippen molar-refractivity contribution in [2.75, 3.05) is 0 Å². The average Bonchev–Trinajstić information content (AvgIpc) is 2.15. The minimum Gasteiger partial charge on any atom is -0.459 e. The van der Waals surface area contributed by atoms with Crippen molar-refractivity contribution in [3.63, 3.8) is 0 Å². The zero-order valence-electron chi connectivity index (χ0n) is 9.15. The summed E-state index contributed by atoms with van der Waals surface area (Å²) in [6.45, 7) is 3.13. The highest BCUT2D eigenvalue weighted by Crippen LogP contribution is 2.29. The zero-order valence-corrected chi connectivity index (χ0v) is 9.15. The molecule has 1 unspecified atom stereocenters. The SMILES string of the molecule is CC(=O)Oc1cccc2c1C(=O)OC(C)C2. The molecule has 0 aliphatic carbocycles. The summed E-state index contributed by atoms with van der Waals surface area (Å²) < 4.78 is 10.1. The van der Waals surface area contributed by atoms with Gasteiger partial charge in [-0.1, -0.05) is 12.1 Å². The van der Waals surface area contributed by atoms with E-state index in [0.29, 0.717) is 12.0 Å². The quantitative estimate of drug-likeness (QED) is 0.534. The third kappa shape index (κ3) is 1.91. The molecule has 0 amide bonds. The van der Waals surface area contributed by atoms with Crippen LogP contribution in [0.4, 0.5) is 0 Å². The first-order chi connectivity index (χ1) is 7.58. The van der Waals surface area contributed by atoms with Gasteiger partial charge in [0, 0.05) is 13.3 Å². The molecule has 1 aromatic carbocycles. The molecule has 1 atom stereocenters. The van der Waals surface area contributed by atoms with Crippen LogP contribution in [-0.4, -0.2) is 18.0 Å². The van der Waals surface area contributed by atoms with E-state index >= 15 is 0 Å². The molecule has 16 heavy (non-hydrogen) atoms. The molecule has 1 aliphatic heterocycles. The predicted octanol–water partition coefficient (Wildman–Crippen LogP) is 1.71. The van der Waals surface area contributed by atoms with Crippen molar-refractivity contribution in [3.05, 3.63) is 29.3 Å². The Morgan fingerprint density at radius 1 is 1.50 bits per heavy atom. The van der Waals surface area contributed by atoms with E-state index < -0.39 is 11.9 Å². The van der Waals surface area contributed by atoms with Crippen molar-refractivity contribution in [3.8, 4) is 5.75 Å². The van der Waals surface area contributed by atoms with Gasteiger partial charge in [-0.3, -0.25) is 4.79 Å². The molecule has 1 heterocycles. The number of carbonyl (C=O) groups is 2. The second-order valence-electron chi connectivity index (χ2n) is 3.80. The number of cyclic esters (lactones) is 1. The molecule has 0 bridgehead atoms. The summed E-state index contributed by atoms with van der Waals surface area (Å²) in [6, 6.07) is 5.21. The van der Waals surface area contributed by atoms with Crippen LogP contribution in [0.1, 0.15) is 29.8 Å². The first-order valence-corrected chi connectivity index (χ1v) is 5.09. The minimum atomic E-state index is -0.445. The maximum Gasteiger partial charge on any atom is 0.342 e. The van der Waals surface area contributed by atoms with Crippen LogP contribution in [0.5, 0.6) is 5.75 Å². The summed E-state index contributed by atoms with van der Waals surface area (Å²) in [7, 11) is 0. The monoisotopic (exact) mass is 220 g/mol. The van der Waals surface area contributed by atoms with E-state index in [1.807, 2.05) is 13.0 Å². The summed E-state index contributed by atoms with van der Waals surface area (Å²) >= 11 is 0. The Balaban J connectivity index is 2.46. The van der Waals surface area contributed by atoms with Crippen LogP contribution in [0, 0.1) is 0 Å². The van der Waals surface area contributed by atoms with E-state index in [1.54, 1.807) is 12.1 Å². The molecule has 1 aliphatic rings. The van der Waals surface area contributed by atoms with Gasteiger partial charge in [0.2, 0.25) is 0 Å². The van der Waals surface area contributed by atoms with Crippen molar-refractivity contribution in [2.24, 2.45) is 0 Å². The van der Waals surface area contributed by atoms with Gasteiger partial charge < -0.3 is 9.47 Å². The van der Waals surface area contributed by atoms with E-state index in [4.69, 9.17) is 9.47 Å². The maximum atomic E-state index is 11.7. The van der Waals surface area contributed by atoms with Crippen LogP contribution in [0.25, 0.3) is 0 Å². The molecule has 0 saturated carbocycles. The highest BCUT2D eigenvalue weighted by Gasteiger charge is 2.27. The van der Waals surface area contributed by atoms with Gasteiger partial charge in [-0.15, -0.1) is 0 Å². The molecule has 0 N–H and O–H groups in total. The molecular weight excluding hydrogens is 208 g/mol. The Morgan fingerprint density at radius 3 is 2.94 bits per heavy atom. The molecule has 4 nitrogen and oxygen atoms in total. The van der Waals surface area contributed by atoms with Crippen LogP contribution < -0.4 is 4.74 Å². The Labute approximate surface area is 93.2 Å². The average molecular weight is 220 g/mol. The van der Waals surface area contributed by atoms with E-state index in [-0.39, 0.29) is 11.9 Å². The van der Waals surface area contributed by atoms with Gasteiger partial charge in [0.25, 0.3) is 0 Å². The molecule has 1 aromatic rings. The number of carbonyl (C=O) groups excluding carboxylic acids is 2. The van der Waals surface area contributed by atoms with Gasteiger partial charge in [-0.05, 0) is 18.6 Å². The Bertz CT molecular complexity index is 450. The maximum absolute atomic E-state index is 11.7. The lowest BCUT2D eigenvalue weighted by Gasteiger charge is -2.22. The number of esters is 2. The highest BCUT2D eigenvalue weighted by atomic mass is 16.6. The topological polar surface area (TPSA) is 52.6 Å². The third-order valence-electron chi connectivity index (χ3n) is 2.39. The lowest BCUT2D eigenvalue weighted by Crippen LogP contribution is -2.26. The lowest BCUT2D eigenvalue weighted by molar-refractivity contribution is -0.131. The van der Waals surface area contributed by atoms with Crippen LogP contribution in [0.15, 0.2) is 18.2 Å². The Kier molecular flexibility index (Phi) is 2.64. The van der Waals surface area contributed by atoms with Gasteiger partial charge in [-0.25, -0.2) is 4.79 Å².